The van der Waals surface area contributed by atoms with Gasteiger partial charge < -0.3 is 15.2 Å². The highest BCUT2D eigenvalue weighted by molar-refractivity contribution is 5.97. The van der Waals surface area contributed by atoms with Crippen LogP contribution in [-0.2, 0) is 11.2 Å². The number of carboxylic acid groups (broad SMARTS) is 1. The van der Waals surface area contributed by atoms with Crippen molar-refractivity contribution in [1.29, 1.82) is 0 Å². The molecule has 0 aliphatic heterocycles. The molecule has 0 aliphatic carbocycles. The van der Waals surface area contributed by atoms with Crippen LogP contribution in [0.2, 0.25) is 0 Å². The number of benzene rings is 4. The van der Waals surface area contributed by atoms with Gasteiger partial charge in [-0.25, -0.2) is 0 Å². The summed E-state index contributed by atoms with van der Waals surface area (Å²) in [5.41, 5.74) is 2.40. The van der Waals surface area contributed by atoms with E-state index in [1.54, 1.807) is 6.07 Å². The number of para-hydroxylation sites is 1. The molecule has 0 saturated heterocycles. The Morgan fingerprint density at radius 1 is 0.865 bits per heavy atom. The lowest BCUT2D eigenvalue weighted by Crippen LogP contribution is -2.30. The Morgan fingerprint density at radius 2 is 1.59 bits per heavy atom. The standard InChI is InChI=1S/C32H33NO4/c1-22(2)20-30(28-16-8-11-23-10-6-7-15-27(23)28)33-32(36)29-21-26(37-25-13-4-3-5-14-25)19-18-24(29)12-9-17-31(34)35/h3-8,10-11,13-16,18-19,21-22,30H,9,12,17,20H2,1-2H3,(H,33,36)(H,34,35). The maximum Gasteiger partial charge on any atom is 0.303 e. The predicted molar refractivity (Wildman–Crippen MR) is 147 cm³/mol. The normalized spacial score (nSPS) is 11.9. The van der Waals surface area contributed by atoms with Crippen LogP contribution in [0.15, 0.2) is 91.0 Å². The van der Waals surface area contributed by atoms with Crippen LogP contribution in [-0.4, -0.2) is 17.0 Å². The average molecular weight is 496 g/mol. The van der Waals surface area contributed by atoms with Crippen LogP contribution in [0.3, 0.4) is 0 Å². The molecule has 5 nitrogen and oxygen atoms in total. The largest absolute Gasteiger partial charge is 0.481 e. The number of ether oxygens (including phenoxy) is 1. The predicted octanol–water partition coefficient (Wildman–Crippen LogP) is 7.56. The first-order valence-electron chi connectivity index (χ1n) is 12.8. The molecule has 1 unspecified atom stereocenters. The van der Waals surface area contributed by atoms with E-state index in [-0.39, 0.29) is 18.4 Å². The van der Waals surface area contributed by atoms with Gasteiger partial charge in [0.1, 0.15) is 11.5 Å². The molecule has 0 saturated carbocycles. The Kier molecular flexibility index (Phi) is 8.57. The minimum atomic E-state index is -0.844. The number of rotatable bonds is 11. The summed E-state index contributed by atoms with van der Waals surface area (Å²) in [7, 11) is 0. The van der Waals surface area contributed by atoms with Crippen molar-refractivity contribution in [2.45, 2.75) is 45.6 Å². The molecule has 0 bridgehead atoms. The summed E-state index contributed by atoms with van der Waals surface area (Å²) in [5.74, 6) is 0.572. The second-order valence-corrected chi connectivity index (χ2v) is 9.71. The van der Waals surface area contributed by atoms with Crippen molar-refractivity contribution < 1.29 is 19.4 Å². The molecular weight excluding hydrogens is 462 g/mol. The Hall–Kier alpha value is -4.12. The fourth-order valence-electron chi connectivity index (χ4n) is 4.63. The molecule has 4 aromatic carbocycles. The van der Waals surface area contributed by atoms with Gasteiger partial charge in [0.15, 0.2) is 0 Å². The van der Waals surface area contributed by atoms with Crippen molar-refractivity contribution in [3.05, 3.63) is 108 Å². The summed E-state index contributed by atoms with van der Waals surface area (Å²) in [5, 5.41) is 14.6. The number of hydrogen-bond acceptors (Lipinski definition) is 3. The lowest BCUT2D eigenvalue weighted by molar-refractivity contribution is -0.137. The molecule has 0 fully saturated rings. The zero-order valence-electron chi connectivity index (χ0n) is 21.3. The summed E-state index contributed by atoms with van der Waals surface area (Å²) in [6.45, 7) is 4.30. The van der Waals surface area contributed by atoms with Gasteiger partial charge in [-0.3, -0.25) is 9.59 Å². The van der Waals surface area contributed by atoms with Crippen LogP contribution in [0.4, 0.5) is 0 Å². The number of carbonyl (C=O) groups is 2. The van der Waals surface area contributed by atoms with E-state index in [2.05, 4.69) is 43.4 Å². The third kappa shape index (κ3) is 6.98. The van der Waals surface area contributed by atoms with E-state index in [9.17, 15) is 9.59 Å². The number of amides is 1. The van der Waals surface area contributed by atoms with E-state index in [1.165, 1.54) is 0 Å². The molecule has 0 spiro atoms. The Labute approximate surface area is 218 Å². The van der Waals surface area contributed by atoms with Crippen molar-refractivity contribution in [3.8, 4) is 11.5 Å². The number of hydrogen-bond donors (Lipinski definition) is 2. The van der Waals surface area contributed by atoms with Crippen molar-refractivity contribution >= 4 is 22.6 Å². The van der Waals surface area contributed by atoms with Crippen LogP contribution < -0.4 is 10.1 Å². The highest BCUT2D eigenvalue weighted by atomic mass is 16.5. The lowest BCUT2D eigenvalue weighted by Gasteiger charge is -2.24. The zero-order valence-corrected chi connectivity index (χ0v) is 21.3. The second-order valence-electron chi connectivity index (χ2n) is 9.71. The van der Waals surface area contributed by atoms with Gasteiger partial charge in [0, 0.05) is 12.0 Å². The van der Waals surface area contributed by atoms with Crippen molar-refractivity contribution in [1.82, 2.24) is 5.32 Å². The average Bonchev–Trinajstić information content (AvgIpc) is 2.89. The van der Waals surface area contributed by atoms with Gasteiger partial charge in [-0.15, -0.1) is 0 Å². The smallest absolute Gasteiger partial charge is 0.303 e. The van der Waals surface area contributed by atoms with Gasteiger partial charge in [0.25, 0.3) is 5.91 Å². The van der Waals surface area contributed by atoms with Gasteiger partial charge in [0.05, 0.1) is 6.04 Å². The molecular formula is C32H33NO4. The molecule has 0 heterocycles. The molecule has 0 radical (unpaired) electrons. The Morgan fingerprint density at radius 3 is 2.35 bits per heavy atom. The highest BCUT2D eigenvalue weighted by Crippen LogP contribution is 2.30. The molecule has 1 amide bonds. The summed E-state index contributed by atoms with van der Waals surface area (Å²) in [6, 6.07) is 29.1. The summed E-state index contributed by atoms with van der Waals surface area (Å²) < 4.78 is 6.00. The number of carbonyl (C=O) groups excluding carboxylic acids is 1. The van der Waals surface area contributed by atoms with E-state index in [4.69, 9.17) is 9.84 Å². The number of fused-ring (bicyclic) bond motifs is 1. The minimum absolute atomic E-state index is 0.0509. The van der Waals surface area contributed by atoms with E-state index in [0.29, 0.717) is 35.8 Å². The molecule has 4 rings (SSSR count). The molecule has 1 atom stereocenters. The SMILES string of the molecule is CC(C)CC(NC(=O)c1cc(Oc2ccccc2)ccc1CCCC(=O)O)c1cccc2ccccc12. The van der Waals surface area contributed by atoms with E-state index < -0.39 is 5.97 Å². The molecule has 0 aromatic heterocycles. The molecule has 2 N–H and O–H groups in total. The van der Waals surface area contributed by atoms with Gasteiger partial charge in [-0.05, 0) is 71.3 Å². The van der Waals surface area contributed by atoms with Crippen molar-refractivity contribution in [2.24, 2.45) is 5.92 Å². The lowest BCUT2D eigenvalue weighted by atomic mass is 9.92. The molecule has 37 heavy (non-hydrogen) atoms. The number of aliphatic carboxylic acids is 1. The van der Waals surface area contributed by atoms with Crippen LogP contribution in [0.1, 0.15) is 60.6 Å². The molecule has 0 aliphatic rings. The van der Waals surface area contributed by atoms with Crippen LogP contribution in [0.25, 0.3) is 10.8 Å². The number of carboxylic acids is 1. The fourth-order valence-corrected chi connectivity index (χ4v) is 4.63. The van der Waals surface area contributed by atoms with Gasteiger partial charge in [-0.1, -0.05) is 80.6 Å². The quantitative estimate of drug-likeness (QED) is 0.225. The van der Waals surface area contributed by atoms with Crippen LogP contribution in [0.5, 0.6) is 11.5 Å². The summed E-state index contributed by atoms with van der Waals surface area (Å²) in [6.07, 6.45) is 1.78. The molecule has 190 valence electrons. The summed E-state index contributed by atoms with van der Waals surface area (Å²) >= 11 is 0. The van der Waals surface area contributed by atoms with Gasteiger partial charge in [-0.2, -0.15) is 0 Å². The topological polar surface area (TPSA) is 75.6 Å². The second kappa shape index (κ2) is 12.2. The van der Waals surface area contributed by atoms with Crippen LogP contribution in [0, 0.1) is 5.92 Å². The van der Waals surface area contributed by atoms with Crippen molar-refractivity contribution in [2.75, 3.05) is 0 Å². The molecule has 5 heteroatoms. The first-order valence-corrected chi connectivity index (χ1v) is 12.8. The third-order valence-electron chi connectivity index (χ3n) is 6.35. The highest BCUT2D eigenvalue weighted by Gasteiger charge is 2.21. The third-order valence-corrected chi connectivity index (χ3v) is 6.35. The van der Waals surface area contributed by atoms with Crippen LogP contribution >= 0.6 is 0 Å². The zero-order chi connectivity index (χ0) is 26.2. The van der Waals surface area contributed by atoms with E-state index >= 15 is 0 Å². The maximum atomic E-state index is 13.8. The molecule has 4 aromatic rings. The Balaban J connectivity index is 1.66. The van der Waals surface area contributed by atoms with E-state index in [0.717, 1.165) is 28.3 Å². The monoisotopic (exact) mass is 495 g/mol. The summed E-state index contributed by atoms with van der Waals surface area (Å²) in [4.78, 5) is 24.9. The first-order chi connectivity index (χ1) is 17.9. The van der Waals surface area contributed by atoms with Gasteiger partial charge >= 0.3 is 5.97 Å². The van der Waals surface area contributed by atoms with E-state index in [1.807, 2.05) is 60.7 Å². The fraction of sp³-hybridized carbons (Fsp3) is 0.250. The van der Waals surface area contributed by atoms with Gasteiger partial charge in [0.2, 0.25) is 0 Å². The first kappa shape index (κ1) is 26.0. The maximum absolute atomic E-state index is 13.8. The minimum Gasteiger partial charge on any atom is -0.481 e. The number of aryl methyl sites for hydroxylation is 1. The number of nitrogens with one attached hydrogen (secondary N) is 1. The Bertz CT molecular complexity index is 1360. The van der Waals surface area contributed by atoms with Crippen molar-refractivity contribution in [3.63, 3.8) is 0 Å².